The van der Waals surface area contributed by atoms with Gasteiger partial charge in [0.25, 0.3) is 0 Å². The molecule has 0 aromatic heterocycles. The monoisotopic (exact) mass is 556 g/mol. The summed E-state index contributed by atoms with van der Waals surface area (Å²) >= 11 is 0. The molecular weight excluding hydrogens is 498 g/mol. The average molecular weight is 557 g/mol. The molecule has 0 N–H and O–H groups in total. The highest BCUT2D eigenvalue weighted by molar-refractivity contribution is 5.69. The highest BCUT2D eigenvalue weighted by atomic mass is 16.7. The topological polar surface area (TPSA) is 83.5 Å². The third-order valence-electron chi connectivity index (χ3n) is 7.17. The Morgan fingerprint density at radius 3 is 1.95 bits per heavy atom. The molecule has 39 heavy (non-hydrogen) atoms. The van der Waals surface area contributed by atoms with Crippen LogP contribution in [0.15, 0.2) is 0 Å². The molecule has 0 aromatic carbocycles. The Kier molecular flexibility index (Phi) is 22.3. The summed E-state index contributed by atoms with van der Waals surface area (Å²) < 4.78 is 27.6. The maximum absolute atomic E-state index is 12.3. The van der Waals surface area contributed by atoms with Crippen molar-refractivity contribution < 1.29 is 33.3 Å². The molecule has 0 spiro atoms. The Morgan fingerprint density at radius 1 is 0.821 bits per heavy atom. The number of esters is 1. The van der Waals surface area contributed by atoms with Crippen LogP contribution in [0.3, 0.4) is 0 Å². The van der Waals surface area contributed by atoms with Gasteiger partial charge in [-0.15, -0.1) is 0 Å². The van der Waals surface area contributed by atoms with E-state index in [1.165, 1.54) is 51.4 Å². The SMILES string of the molecule is [CH2]C(COC(=O)CCC(OCCCCCCCC)OCCCCCCCC)COC(=O)OCC1CCCN1C. The molecule has 8 nitrogen and oxygen atoms in total. The highest BCUT2D eigenvalue weighted by Gasteiger charge is 2.23. The van der Waals surface area contributed by atoms with Crippen LogP contribution in [-0.4, -0.2) is 76.0 Å². The molecule has 0 amide bonds. The van der Waals surface area contributed by atoms with E-state index < -0.39 is 12.4 Å². The van der Waals surface area contributed by atoms with Crippen molar-refractivity contribution in [2.45, 2.75) is 129 Å². The van der Waals surface area contributed by atoms with Crippen LogP contribution in [0.4, 0.5) is 4.79 Å². The molecule has 1 heterocycles. The normalized spacial score (nSPS) is 16.5. The number of rotatable bonds is 25. The largest absolute Gasteiger partial charge is 0.508 e. The van der Waals surface area contributed by atoms with Gasteiger partial charge in [0.2, 0.25) is 0 Å². The van der Waals surface area contributed by atoms with Crippen LogP contribution < -0.4 is 0 Å². The summed E-state index contributed by atoms with van der Waals surface area (Å²) in [6.07, 6.45) is 16.1. The number of nitrogens with zero attached hydrogens (tertiary/aromatic N) is 1. The summed E-state index contributed by atoms with van der Waals surface area (Å²) in [5, 5.41) is 0. The lowest BCUT2D eigenvalue weighted by Crippen LogP contribution is -2.31. The molecule has 1 fully saturated rings. The molecule has 229 valence electrons. The fourth-order valence-electron chi connectivity index (χ4n) is 4.56. The van der Waals surface area contributed by atoms with Gasteiger partial charge in [0, 0.05) is 31.6 Å². The van der Waals surface area contributed by atoms with Gasteiger partial charge in [-0.3, -0.25) is 4.79 Å². The molecular formula is C31H58NO7. The smallest absolute Gasteiger partial charge is 0.465 e. The van der Waals surface area contributed by atoms with Crippen molar-refractivity contribution >= 4 is 12.1 Å². The number of hydrogen-bond donors (Lipinski definition) is 0. The lowest BCUT2D eigenvalue weighted by Gasteiger charge is -2.19. The van der Waals surface area contributed by atoms with Gasteiger partial charge in [-0.2, -0.15) is 0 Å². The zero-order chi connectivity index (χ0) is 28.6. The van der Waals surface area contributed by atoms with E-state index in [-0.39, 0.29) is 37.6 Å². The van der Waals surface area contributed by atoms with Crippen LogP contribution in [0.2, 0.25) is 0 Å². The van der Waals surface area contributed by atoms with E-state index in [1.54, 1.807) is 0 Å². The van der Waals surface area contributed by atoms with Crippen LogP contribution in [0.25, 0.3) is 0 Å². The Hall–Kier alpha value is -1.38. The maximum Gasteiger partial charge on any atom is 0.508 e. The van der Waals surface area contributed by atoms with Gasteiger partial charge in [0.05, 0.1) is 13.0 Å². The van der Waals surface area contributed by atoms with E-state index in [0.717, 1.165) is 45.1 Å². The van der Waals surface area contributed by atoms with Gasteiger partial charge in [-0.1, -0.05) is 78.1 Å². The number of carbonyl (C=O) groups is 2. The second kappa shape index (κ2) is 24.4. The summed E-state index contributed by atoms with van der Waals surface area (Å²) in [5.41, 5.74) is 0. The highest BCUT2D eigenvalue weighted by Crippen LogP contribution is 2.15. The van der Waals surface area contributed by atoms with Crippen molar-refractivity contribution in [2.75, 3.05) is 46.6 Å². The molecule has 0 saturated carbocycles. The predicted octanol–water partition coefficient (Wildman–Crippen LogP) is 7.09. The number of likely N-dealkylation sites (N-methyl/N-ethyl adjacent to an activating group) is 1. The quantitative estimate of drug-likeness (QED) is 0.0670. The van der Waals surface area contributed by atoms with Crippen molar-refractivity contribution in [3.8, 4) is 0 Å². The Balaban J connectivity index is 2.22. The van der Waals surface area contributed by atoms with E-state index in [0.29, 0.717) is 26.2 Å². The number of carbonyl (C=O) groups excluding carboxylic acids is 2. The standard InChI is InChI=1S/C31H58NO7/c1-5-7-9-11-13-15-22-35-30(36-23-16-14-12-10-8-6-2)20-19-29(33)37-24-27(3)25-38-31(34)39-26-28-18-17-21-32(28)4/h27-28,30H,3,5-26H2,1-2,4H3. The van der Waals surface area contributed by atoms with Crippen LogP contribution in [-0.2, 0) is 28.5 Å². The molecule has 1 aliphatic rings. The summed E-state index contributed by atoms with van der Waals surface area (Å²) in [5.74, 6) is -0.689. The fraction of sp³-hybridized carbons (Fsp3) is 0.903. The van der Waals surface area contributed by atoms with Crippen LogP contribution in [0.5, 0.6) is 0 Å². The first-order valence-corrected chi connectivity index (χ1v) is 15.7. The Bertz CT molecular complexity index is 585. The van der Waals surface area contributed by atoms with E-state index >= 15 is 0 Å². The van der Waals surface area contributed by atoms with Crippen molar-refractivity contribution in [2.24, 2.45) is 5.92 Å². The summed E-state index contributed by atoms with van der Waals surface area (Å²) in [6.45, 7) is 11.1. The fourth-order valence-corrected chi connectivity index (χ4v) is 4.56. The van der Waals surface area contributed by atoms with Gasteiger partial charge in [-0.05, 0) is 46.2 Å². The molecule has 2 atom stereocenters. The zero-order valence-electron chi connectivity index (χ0n) is 25.3. The third kappa shape index (κ3) is 20.2. The molecule has 1 aliphatic heterocycles. The molecule has 1 rings (SSSR count). The van der Waals surface area contributed by atoms with Gasteiger partial charge >= 0.3 is 12.1 Å². The van der Waals surface area contributed by atoms with Gasteiger partial charge in [-0.25, -0.2) is 4.79 Å². The second-order valence-corrected chi connectivity index (χ2v) is 10.9. The van der Waals surface area contributed by atoms with Gasteiger partial charge in [0.1, 0.15) is 13.2 Å². The number of likely N-dealkylation sites (tertiary alicyclic amines) is 1. The summed E-state index contributed by atoms with van der Waals surface area (Å²) in [6, 6.07) is 0.252. The molecule has 0 aliphatic carbocycles. The first kappa shape index (κ1) is 35.6. The minimum absolute atomic E-state index is 0.0397. The van der Waals surface area contributed by atoms with Crippen LogP contribution in [0, 0.1) is 12.8 Å². The average Bonchev–Trinajstić information content (AvgIpc) is 3.35. The van der Waals surface area contributed by atoms with E-state index in [2.05, 4.69) is 25.7 Å². The van der Waals surface area contributed by atoms with Crippen LogP contribution >= 0.6 is 0 Å². The Labute approximate surface area is 238 Å². The van der Waals surface area contributed by atoms with E-state index in [9.17, 15) is 9.59 Å². The summed E-state index contributed by atoms with van der Waals surface area (Å²) in [4.78, 5) is 26.4. The zero-order valence-corrected chi connectivity index (χ0v) is 25.3. The molecule has 1 saturated heterocycles. The van der Waals surface area contributed by atoms with Crippen LogP contribution in [0.1, 0.15) is 117 Å². The Morgan fingerprint density at radius 2 is 1.38 bits per heavy atom. The van der Waals surface area contributed by atoms with Crippen molar-refractivity contribution in [3.63, 3.8) is 0 Å². The van der Waals surface area contributed by atoms with Crippen molar-refractivity contribution in [1.29, 1.82) is 0 Å². The van der Waals surface area contributed by atoms with Crippen molar-refractivity contribution in [3.05, 3.63) is 6.92 Å². The maximum atomic E-state index is 12.3. The number of hydrogen-bond acceptors (Lipinski definition) is 8. The lowest BCUT2D eigenvalue weighted by atomic mass is 10.1. The van der Waals surface area contributed by atoms with Crippen molar-refractivity contribution in [1.82, 2.24) is 4.90 Å². The number of unbranched alkanes of at least 4 members (excludes halogenated alkanes) is 10. The minimum Gasteiger partial charge on any atom is -0.465 e. The molecule has 2 unspecified atom stereocenters. The van der Waals surface area contributed by atoms with E-state index in [1.807, 2.05) is 7.05 Å². The molecule has 0 bridgehead atoms. The number of ether oxygens (including phenoxy) is 5. The first-order chi connectivity index (χ1) is 19.0. The summed E-state index contributed by atoms with van der Waals surface area (Å²) in [7, 11) is 2.03. The van der Waals surface area contributed by atoms with Gasteiger partial charge in [0.15, 0.2) is 6.29 Å². The lowest BCUT2D eigenvalue weighted by molar-refractivity contribution is -0.160. The minimum atomic E-state index is -0.705. The molecule has 1 radical (unpaired) electrons. The van der Waals surface area contributed by atoms with Gasteiger partial charge < -0.3 is 28.6 Å². The molecule has 0 aromatic rings. The second-order valence-electron chi connectivity index (χ2n) is 10.9. The molecule has 8 heteroatoms. The predicted molar refractivity (Wildman–Crippen MR) is 154 cm³/mol. The first-order valence-electron chi connectivity index (χ1n) is 15.7. The third-order valence-corrected chi connectivity index (χ3v) is 7.17. The van der Waals surface area contributed by atoms with E-state index in [4.69, 9.17) is 23.7 Å².